The number of aryl methyl sites for hydroxylation is 1. The van der Waals surface area contributed by atoms with Crippen LogP contribution in [0.15, 0.2) is 89.2 Å². The molecule has 6 aromatic rings. The second kappa shape index (κ2) is 16.0. The van der Waals surface area contributed by atoms with Crippen LogP contribution in [0.5, 0.6) is 0 Å². The third-order valence-corrected chi connectivity index (χ3v) is 12.0. The summed E-state index contributed by atoms with van der Waals surface area (Å²) in [5, 5.41) is 14.9. The standard InChI is InChI=1S/C30H24NOS.C15H28O2.Ir/c1-18-13-20-9-10-21(16-26(20)32-18)27-17-22-11-12-31-28(29(22)33-27)23-14-19-7-5-6-8-24(19)25(15-23)30(2,3)4;1-7-14(5,8-2)12(16)11-13(17)15(6,9-3)10-4;/h5-13,15-17H,1-4H3;11,16H,7-10H2,1-6H3;/q-1;;/b;12-11-;. The monoisotopic (exact) mass is 879 g/mol. The summed E-state index contributed by atoms with van der Waals surface area (Å²) in [7, 11) is 0. The zero-order valence-electron chi connectivity index (χ0n) is 31.8. The number of thiophene rings is 1. The van der Waals surface area contributed by atoms with Crippen molar-refractivity contribution in [3.05, 3.63) is 102 Å². The van der Waals surface area contributed by atoms with Gasteiger partial charge in [0.1, 0.15) is 17.1 Å². The number of carbonyl (C=O) groups excluding carboxylic acids is 1. The number of furan rings is 1. The summed E-state index contributed by atoms with van der Waals surface area (Å²) in [6.07, 6.45) is 6.66. The SMILES string of the molecule is CCC(C)(CC)C(=O)/C=C(\O)C(C)(CC)CC.Cc1cc2ccc(-c3cc4ccnc(-c5[c-]c6ccccc6c(C(C)(C)C)c5)c4s3)cc2o1.[Ir]. The third-order valence-electron chi connectivity index (χ3n) is 10.8. The van der Waals surface area contributed by atoms with Crippen molar-refractivity contribution >= 4 is 48.9 Å². The van der Waals surface area contributed by atoms with Crippen molar-refractivity contribution < 1.29 is 34.4 Å². The molecule has 0 saturated heterocycles. The van der Waals surface area contributed by atoms with Gasteiger partial charge < -0.3 is 9.52 Å². The van der Waals surface area contributed by atoms with Crippen LogP contribution in [0, 0.1) is 23.8 Å². The number of aliphatic hydroxyl groups is 1. The maximum absolute atomic E-state index is 12.2. The minimum absolute atomic E-state index is 0. The Morgan fingerprint density at radius 1 is 0.863 bits per heavy atom. The largest absolute Gasteiger partial charge is 0.512 e. The Bertz CT molecular complexity index is 2170. The van der Waals surface area contributed by atoms with Gasteiger partial charge in [-0.1, -0.05) is 104 Å². The van der Waals surface area contributed by atoms with Gasteiger partial charge in [0.2, 0.25) is 0 Å². The number of ketones is 1. The van der Waals surface area contributed by atoms with E-state index in [-0.39, 0.29) is 47.9 Å². The van der Waals surface area contributed by atoms with Crippen LogP contribution < -0.4 is 0 Å². The summed E-state index contributed by atoms with van der Waals surface area (Å²) in [5.41, 5.74) is 4.88. The molecule has 6 heteroatoms. The number of benzene rings is 3. The van der Waals surface area contributed by atoms with Crippen LogP contribution in [0.3, 0.4) is 0 Å². The molecule has 51 heavy (non-hydrogen) atoms. The minimum Gasteiger partial charge on any atom is -0.512 e. The Hall–Kier alpha value is -3.57. The molecule has 4 nitrogen and oxygen atoms in total. The molecule has 0 aliphatic rings. The smallest absolute Gasteiger partial charge is 0.164 e. The Morgan fingerprint density at radius 3 is 2.18 bits per heavy atom. The molecule has 0 aliphatic carbocycles. The van der Waals surface area contributed by atoms with E-state index in [1.54, 1.807) is 11.3 Å². The number of pyridine rings is 1. The predicted octanol–water partition coefficient (Wildman–Crippen LogP) is 13.6. The van der Waals surface area contributed by atoms with Crippen LogP contribution in [0.1, 0.15) is 99.3 Å². The van der Waals surface area contributed by atoms with Gasteiger partial charge in [-0.3, -0.25) is 9.78 Å². The van der Waals surface area contributed by atoms with E-state index in [4.69, 9.17) is 9.40 Å². The molecule has 6 rings (SSSR count). The summed E-state index contributed by atoms with van der Waals surface area (Å²) in [5.74, 6) is 1.22. The topological polar surface area (TPSA) is 63.3 Å². The number of hydrogen-bond donors (Lipinski definition) is 1. The van der Waals surface area contributed by atoms with Gasteiger partial charge in [-0.05, 0) is 73.2 Å². The molecule has 271 valence electrons. The molecular weight excluding hydrogens is 827 g/mol. The van der Waals surface area contributed by atoms with Crippen molar-refractivity contribution in [2.24, 2.45) is 10.8 Å². The molecular formula is C45H52IrNO3S-. The van der Waals surface area contributed by atoms with Crippen molar-refractivity contribution in [3.8, 4) is 21.7 Å². The molecule has 1 N–H and O–H groups in total. The Kier molecular flexibility index (Phi) is 12.6. The fourth-order valence-corrected chi connectivity index (χ4v) is 7.43. The van der Waals surface area contributed by atoms with Crippen LogP contribution in [-0.2, 0) is 30.3 Å². The van der Waals surface area contributed by atoms with E-state index in [0.717, 1.165) is 59.1 Å². The molecule has 3 heterocycles. The van der Waals surface area contributed by atoms with Crippen LogP contribution in [0.25, 0.3) is 53.5 Å². The van der Waals surface area contributed by atoms with Crippen molar-refractivity contribution in [1.82, 2.24) is 4.98 Å². The number of fused-ring (bicyclic) bond motifs is 3. The molecule has 0 aliphatic heterocycles. The van der Waals surface area contributed by atoms with Crippen LogP contribution >= 0.6 is 11.3 Å². The summed E-state index contributed by atoms with van der Waals surface area (Å²) < 4.78 is 7.06. The van der Waals surface area contributed by atoms with Gasteiger partial charge in [0.05, 0.1) is 0 Å². The first kappa shape index (κ1) is 40.2. The second-order valence-corrected chi connectivity index (χ2v) is 16.2. The summed E-state index contributed by atoms with van der Waals surface area (Å²) in [4.78, 5) is 18.2. The Labute approximate surface area is 321 Å². The first-order chi connectivity index (χ1) is 23.7. The zero-order chi connectivity index (χ0) is 36.4. The van der Waals surface area contributed by atoms with E-state index in [2.05, 4.69) is 93.6 Å². The number of nitrogens with zero attached hydrogens (tertiary/aromatic N) is 1. The van der Waals surface area contributed by atoms with Crippen LogP contribution in [0.2, 0.25) is 0 Å². The fraction of sp³-hybridized carbons (Fsp3) is 0.378. The average Bonchev–Trinajstić information content (AvgIpc) is 3.72. The average molecular weight is 879 g/mol. The van der Waals surface area contributed by atoms with Gasteiger partial charge in [0, 0.05) is 63.9 Å². The molecule has 1 radical (unpaired) electrons. The van der Waals surface area contributed by atoms with E-state index >= 15 is 0 Å². The van der Waals surface area contributed by atoms with Crippen molar-refractivity contribution in [2.45, 2.75) is 100 Å². The Morgan fingerprint density at radius 2 is 1.53 bits per heavy atom. The third kappa shape index (κ3) is 8.40. The first-order valence-corrected chi connectivity index (χ1v) is 18.8. The maximum atomic E-state index is 12.2. The molecule has 0 amide bonds. The molecule has 0 unspecified atom stereocenters. The quantitative estimate of drug-likeness (QED) is 0.0893. The predicted molar refractivity (Wildman–Crippen MR) is 213 cm³/mol. The van der Waals surface area contributed by atoms with Gasteiger partial charge in [0.15, 0.2) is 5.78 Å². The molecule has 0 spiro atoms. The number of rotatable bonds is 9. The van der Waals surface area contributed by atoms with E-state index < -0.39 is 0 Å². The molecule has 0 bridgehead atoms. The number of allylic oxidation sites excluding steroid dienone is 2. The van der Waals surface area contributed by atoms with Crippen molar-refractivity contribution in [2.75, 3.05) is 0 Å². The van der Waals surface area contributed by atoms with Crippen molar-refractivity contribution in [3.63, 3.8) is 0 Å². The first-order valence-electron chi connectivity index (χ1n) is 18.0. The van der Waals surface area contributed by atoms with Gasteiger partial charge in [-0.25, -0.2) is 0 Å². The maximum Gasteiger partial charge on any atom is 0.164 e. The normalized spacial score (nSPS) is 12.5. The number of hydrogen-bond acceptors (Lipinski definition) is 5. The van der Waals surface area contributed by atoms with Gasteiger partial charge in [-0.2, -0.15) is 0 Å². The van der Waals surface area contributed by atoms with Crippen LogP contribution in [-0.4, -0.2) is 15.9 Å². The summed E-state index contributed by atoms with van der Waals surface area (Å²) >= 11 is 1.78. The zero-order valence-corrected chi connectivity index (χ0v) is 35.0. The van der Waals surface area contributed by atoms with Crippen LogP contribution in [0.4, 0.5) is 0 Å². The summed E-state index contributed by atoms with van der Waals surface area (Å²) in [6.45, 7) is 20.9. The van der Waals surface area contributed by atoms with E-state index in [9.17, 15) is 9.90 Å². The number of aromatic nitrogens is 1. The van der Waals surface area contributed by atoms with Gasteiger partial charge in [-0.15, -0.1) is 40.5 Å². The van der Waals surface area contributed by atoms with E-state index in [0.29, 0.717) is 0 Å². The van der Waals surface area contributed by atoms with Gasteiger partial charge in [0.25, 0.3) is 0 Å². The van der Waals surface area contributed by atoms with E-state index in [1.807, 2.05) is 54.7 Å². The Balaban J connectivity index is 0.000000279. The number of carbonyl (C=O) groups is 1. The molecule has 3 aromatic carbocycles. The second-order valence-electron chi connectivity index (χ2n) is 15.1. The number of aliphatic hydroxyl groups excluding tert-OH is 1. The summed E-state index contributed by atoms with van der Waals surface area (Å²) in [6, 6.07) is 27.3. The van der Waals surface area contributed by atoms with Gasteiger partial charge >= 0.3 is 0 Å². The van der Waals surface area contributed by atoms with E-state index in [1.165, 1.54) is 37.6 Å². The molecule has 0 saturated carbocycles. The molecule has 0 atom stereocenters. The minimum atomic E-state index is -0.337. The fourth-order valence-electron chi connectivity index (χ4n) is 6.28. The molecule has 0 fully saturated rings. The van der Waals surface area contributed by atoms with Crippen molar-refractivity contribution in [1.29, 1.82) is 0 Å². The molecule has 3 aromatic heterocycles.